The zero-order valence-electron chi connectivity index (χ0n) is 13.0. The molecule has 0 saturated carbocycles. The Morgan fingerprint density at radius 1 is 1.30 bits per heavy atom. The van der Waals surface area contributed by atoms with Crippen LogP contribution in [-0.4, -0.2) is 59.0 Å². The fourth-order valence-electron chi connectivity index (χ4n) is 2.75. The third kappa shape index (κ3) is 2.91. The van der Waals surface area contributed by atoms with E-state index < -0.39 is 0 Å². The lowest BCUT2D eigenvalue weighted by Gasteiger charge is -2.33. The SMILES string of the molecule is CN1CCN(C(=N)/C(C#N)=C\c2[nH]c3ccccc3c2O)CC1. The summed E-state index contributed by atoms with van der Waals surface area (Å²) in [5.41, 5.74) is 1.51. The van der Waals surface area contributed by atoms with Gasteiger partial charge in [-0.15, -0.1) is 0 Å². The van der Waals surface area contributed by atoms with Crippen molar-refractivity contribution >= 4 is 22.8 Å². The average molecular weight is 309 g/mol. The van der Waals surface area contributed by atoms with Crippen LogP contribution in [0.3, 0.4) is 0 Å². The number of nitriles is 1. The van der Waals surface area contributed by atoms with Crippen LogP contribution >= 0.6 is 0 Å². The van der Waals surface area contributed by atoms with E-state index in [0.717, 1.165) is 31.7 Å². The van der Waals surface area contributed by atoms with E-state index >= 15 is 0 Å². The largest absolute Gasteiger partial charge is 0.505 e. The van der Waals surface area contributed by atoms with Gasteiger partial charge in [-0.2, -0.15) is 5.26 Å². The van der Waals surface area contributed by atoms with Crippen LogP contribution in [0, 0.1) is 16.7 Å². The highest BCUT2D eigenvalue weighted by atomic mass is 16.3. The predicted molar refractivity (Wildman–Crippen MR) is 90.4 cm³/mol. The van der Waals surface area contributed by atoms with E-state index in [1.165, 1.54) is 0 Å². The van der Waals surface area contributed by atoms with Crippen LogP contribution in [0.2, 0.25) is 0 Å². The number of amidine groups is 1. The van der Waals surface area contributed by atoms with Crippen LogP contribution in [0.1, 0.15) is 5.69 Å². The number of H-pyrrole nitrogens is 1. The lowest BCUT2D eigenvalue weighted by atomic mass is 10.1. The Morgan fingerprint density at radius 2 is 2.00 bits per heavy atom. The number of benzene rings is 1. The van der Waals surface area contributed by atoms with Gasteiger partial charge in [-0.25, -0.2) is 0 Å². The van der Waals surface area contributed by atoms with Gasteiger partial charge in [0.15, 0.2) is 0 Å². The summed E-state index contributed by atoms with van der Waals surface area (Å²) in [6, 6.07) is 9.49. The van der Waals surface area contributed by atoms with E-state index in [0.29, 0.717) is 11.1 Å². The van der Waals surface area contributed by atoms with Crippen molar-refractivity contribution in [3.05, 3.63) is 35.5 Å². The minimum atomic E-state index is 0.111. The zero-order valence-corrected chi connectivity index (χ0v) is 13.0. The van der Waals surface area contributed by atoms with Gasteiger partial charge < -0.3 is 19.9 Å². The summed E-state index contributed by atoms with van der Waals surface area (Å²) >= 11 is 0. The smallest absolute Gasteiger partial charge is 0.148 e. The zero-order chi connectivity index (χ0) is 16.4. The number of nitrogens with one attached hydrogen (secondary N) is 2. The third-order valence-electron chi connectivity index (χ3n) is 4.19. The van der Waals surface area contributed by atoms with E-state index in [9.17, 15) is 10.4 Å². The number of piperazine rings is 1. The summed E-state index contributed by atoms with van der Waals surface area (Å²) in [4.78, 5) is 7.19. The summed E-state index contributed by atoms with van der Waals surface area (Å²) < 4.78 is 0. The maximum absolute atomic E-state index is 10.3. The molecule has 118 valence electrons. The Morgan fingerprint density at radius 3 is 2.65 bits per heavy atom. The van der Waals surface area contributed by atoms with Gasteiger partial charge in [0.25, 0.3) is 0 Å². The topological polar surface area (TPSA) is 90.1 Å². The van der Waals surface area contributed by atoms with Crippen molar-refractivity contribution in [2.45, 2.75) is 0 Å². The molecule has 0 aliphatic carbocycles. The monoisotopic (exact) mass is 309 g/mol. The Balaban J connectivity index is 1.90. The van der Waals surface area contributed by atoms with Crippen LogP contribution in [0.5, 0.6) is 5.75 Å². The van der Waals surface area contributed by atoms with Crippen LogP contribution < -0.4 is 0 Å². The van der Waals surface area contributed by atoms with Gasteiger partial charge in [0.2, 0.25) is 0 Å². The first kappa shape index (κ1) is 15.1. The molecule has 2 aromatic rings. The number of para-hydroxylation sites is 1. The van der Waals surface area contributed by atoms with E-state index in [1.807, 2.05) is 36.2 Å². The number of likely N-dealkylation sites (N-methyl/N-ethyl adjacent to an activating group) is 1. The summed E-state index contributed by atoms with van der Waals surface area (Å²) in [6.45, 7) is 3.21. The summed E-state index contributed by atoms with van der Waals surface area (Å²) in [6.07, 6.45) is 1.55. The first-order valence-corrected chi connectivity index (χ1v) is 7.54. The van der Waals surface area contributed by atoms with Gasteiger partial charge in [0.1, 0.15) is 17.7 Å². The second kappa shape index (κ2) is 6.15. The molecule has 0 bridgehead atoms. The van der Waals surface area contributed by atoms with Gasteiger partial charge >= 0.3 is 0 Å². The number of aromatic amines is 1. The van der Waals surface area contributed by atoms with Crippen LogP contribution in [0.25, 0.3) is 17.0 Å². The second-order valence-corrected chi connectivity index (χ2v) is 5.74. The van der Waals surface area contributed by atoms with Gasteiger partial charge in [-0.1, -0.05) is 12.1 Å². The highest BCUT2D eigenvalue weighted by molar-refractivity contribution is 6.04. The first-order chi connectivity index (χ1) is 11.1. The molecular formula is C17H19N5O. The van der Waals surface area contributed by atoms with Gasteiger partial charge in [-0.3, -0.25) is 5.41 Å². The molecule has 1 saturated heterocycles. The standard InChI is InChI=1S/C17H19N5O/c1-21-6-8-22(9-7-21)17(19)12(11-18)10-15-16(23)13-4-2-3-5-14(13)20-15/h2-5,10,19-20,23H,6-9H2,1H3/b12-10-,19-17?. The molecule has 1 aromatic heterocycles. The molecule has 3 N–H and O–H groups in total. The fourth-order valence-corrected chi connectivity index (χ4v) is 2.75. The molecule has 1 aliphatic rings. The number of aromatic hydroxyl groups is 1. The maximum Gasteiger partial charge on any atom is 0.148 e. The molecular weight excluding hydrogens is 290 g/mol. The number of fused-ring (bicyclic) bond motifs is 1. The molecule has 1 fully saturated rings. The van der Waals surface area contributed by atoms with Crippen LogP contribution in [-0.2, 0) is 0 Å². The molecule has 2 heterocycles. The van der Waals surface area contributed by atoms with Gasteiger partial charge in [0, 0.05) is 37.1 Å². The van der Waals surface area contributed by atoms with Crippen molar-refractivity contribution in [1.82, 2.24) is 14.8 Å². The fraction of sp³-hybridized carbons (Fsp3) is 0.294. The summed E-state index contributed by atoms with van der Waals surface area (Å²) in [7, 11) is 2.05. The molecule has 0 atom stereocenters. The van der Waals surface area contributed by atoms with Gasteiger partial charge in [0.05, 0.1) is 11.3 Å². The Bertz CT molecular complexity index is 806. The molecule has 0 radical (unpaired) electrons. The second-order valence-electron chi connectivity index (χ2n) is 5.74. The first-order valence-electron chi connectivity index (χ1n) is 7.54. The number of rotatable bonds is 2. The van der Waals surface area contributed by atoms with E-state index in [2.05, 4.69) is 16.0 Å². The van der Waals surface area contributed by atoms with E-state index in [-0.39, 0.29) is 17.2 Å². The molecule has 6 nitrogen and oxygen atoms in total. The molecule has 6 heteroatoms. The summed E-state index contributed by atoms with van der Waals surface area (Å²) in [5, 5.41) is 28.7. The van der Waals surface area contributed by atoms with E-state index in [4.69, 9.17) is 5.41 Å². The van der Waals surface area contributed by atoms with Crippen molar-refractivity contribution in [3.8, 4) is 11.8 Å². The lowest BCUT2D eigenvalue weighted by molar-refractivity contribution is 0.215. The Labute approximate surface area is 134 Å². The number of aromatic nitrogens is 1. The van der Waals surface area contributed by atoms with Crippen molar-refractivity contribution in [3.63, 3.8) is 0 Å². The molecule has 0 unspecified atom stereocenters. The van der Waals surface area contributed by atoms with Crippen molar-refractivity contribution in [2.75, 3.05) is 33.2 Å². The Hall–Kier alpha value is -2.78. The Kier molecular flexibility index (Phi) is 4.04. The number of hydrogen-bond donors (Lipinski definition) is 3. The molecule has 23 heavy (non-hydrogen) atoms. The van der Waals surface area contributed by atoms with Gasteiger partial charge in [-0.05, 0) is 25.3 Å². The normalized spacial score (nSPS) is 16.5. The average Bonchev–Trinajstić information content (AvgIpc) is 2.89. The minimum Gasteiger partial charge on any atom is -0.505 e. The highest BCUT2D eigenvalue weighted by Crippen LogP contribution is 2.30. The lowest BCUT2D eigenvalue weighted by Crippen LogP contribution is -2.47. The molecule has 3 rings (SSSR count). The van der Waals surface area contributed by atoms with Crippen LogP contribution in [0.15, 0.2) is 29.8 Å². The van der Waals surface area contributed by atoms with Crippen molar-refractivity contribution in [1.29, 1.82) is 10.7 Å². The number of hydrogen-bond acceptors (Lipinski definition) is 4. The van der Waals surface area contributed by atoms with Crippen molar-refractivity contribution < 1.29 is 5.11 Å². The molecule has 1 aliphatic heterocycles. The van der Waals surface area contributed by atoms with Crippen molar-refractivity contribution in [2.24, 2.45) is 0 Å². The number of nitrogens with zero attached hydrogens (tertiary/aromatic N) is 3. The van der Waals surface area contributed by atoms with E-state index in [1.54, 1.807) is 6.08 Å². The third-order valence-corrected chi connectivity index (χ3v) is 4.19. The van der Waals surface area contributed by atoms with Crippen LogP contribution in [0.4, 0.5) is 0 Å². The molecule has 1 aromatic carbocycles. The summed E-state index contributed by atoms with van der Waals surface area (Å²) in [5.74, 6) is 0.318. The minimum absolute atomic E-state index is 0.111. The maximum atomic E-state index is 10.3. The predicted octanol–water partition coefficient (Wildman–Crippen LogP) is 2.01. The molecule has 0 amide bonds. The molecule has 0 spiro atoms. The highest BCUT2D eigenvalue weighted by Gasteiger charge is 2.20. The quantitative estimate of drug-likeness (QED) is 0.449.